The molecule has 0 aliphatic heterocycles. The Hall–Kier alpha value is -3.30. The van der Waals surface area contributed by atoms with Crippen molar-refractivity contribution in [3.63, 3.8) is 0 Å². The van der Waals surface area contributed by atoms with Crippen molar-refractivity contribution in [2.75, 3.05) is 18.1 Å². The van der Waals surface area contributed by atoms with Gasteiger partial charge in [-0.15, -0.1) is 0 Å². The monoisotopic (exact) mass is 555 g/mol. The summed E-state index contributed by atoms with van der Waals surface area (Å²) < 4.78 is 52.9. The quantitative estimate of drug-likeness (QED) is 0.258. The van der Waals surface area contributed by atoms with Crippen molar-refractivity contribution in [3.8, 4) is 0 Å². The molecule has 0 saturated carbocycles. The van der Waals surface area contributed by atoms with Crippen molar-refractivity contribution in [1.82, 2.24) is 5.32 Å². The van der Waals surface area contributed by atoms with E-state index in [9.17, 15) is 26.4 Å². The van der Waals surface area contributed by atoms with E-state index in [1.165, 1.54) is 48.5 Å². The lowest BCUT2D eigenvalue weighted by molar-refractivity contribution is 0.0935. The maximum atomic E-state index is 13.5. The highest BCUT2D eigenvalue weighted by Gasteiger charge is 2.32. The highest BCUT2D eigenvalue weighted by molar-refractivity contribution is 7.92. The number of Topliss-reactive ketones (excluding diaryl/α,β-unsaturated/α-hetero) is 1. The Bertz CT molecular complexity index is 1400. The number of benzene rings is 3. The summed E-state index contributed by atoms with van der Waals surface area (Å²) >= 11 is 0. The number of aryl methyl sites for hydroxylation is 2. The van der Waals surface area contributed by atoms with Crippen molar-refractivity contribution < 1.29 is 26.4 Å². The minimum atomic E-state index is -3.97. The maximum absolute atomic E-state index is 13.5. The van der Waals surface area contributed by atoms with Crippen LogP contribution in [0.15, 0.2) is 82.6 Å². The summed E-state index contributed by atoms with van der Waals surface area (Å²) in [4.78, 5) is 25.9. The highest BCUT2D eigenvalue weighted by atomic mass is 32.2. The van der Waals surface area contributed by atoms with Crippen LogP contribution >= 0.6 is 0 Å². The van der Waals surface area contributed by atoms with E-state index in [0.717, 1.165) is 24.0 Å². The van der Waals surface area contributed by atoms with Crippen molar-refractivity contribution >= 4 is 31.4 Å². The Morgan fingerprint density at radius 3 is 1.53 bits per heavy atom. The van der Waals surface area contributed by atoms with Gasteiger partial charge in [-0.05, 0) is 56.7 Å². The minimum Gasteiger partial charge on any atom is -0.352 e. The summed E-state index contributed by atoms with van der Waals surface area (Å²) in [5.41, 5.74) is 2.24. The SMILES string of the molecule is CCCCNC(=O)c1ccc(C(=O)C(CS(=O)(=O)c2ccc(C)cc2)CS(=O)(=O)c2ccc(C)cc2)cc1. The van der Waals surface area contributed by atoms with Gasteiger partial charge in [0.2, 0.25) is 0 Å². The molecule has 38 heavy (non-hydrogen) atoms. The number of carbonyl (C=O) groups excluding carboxylic acids is 2. The molecule has 3 aromatic carbocycles. The van der Waals surface area contributed by atoms with Crippen molar-refractivity contribution in [3.05, 3.63) is 95.1 Å². The normalized spacial score (nSPS) is 11.9. The molecule has 0 fully saturated rings. The molecule has 0 aromatic heterocycles. The van der Waals surface area contributed by atoms with Crippen LogP contribution in [0.1, 0.15) is 51.6 Å². The van der Waals surface area contributed by atoms with Crippen molar-refractivity contribution in [2.45, 2.75) is 43.4 Å². The molecule has 1 amide bonds. The smallest absolute Gasteiger partial charge is 0.251 e. The topological polar surface area (TPSA) is 114 Å². The van der Waals surface area contributed by atoms with Gasteiger partial charge in [-0.3, -0.25) is 9.59 Å². The molecule has 0 heterocycles. The lowest BCUT2D eigenvalue weighted by Gasteiger charge is -2.17. The fourth-order valence-electron chi connectivity index (χ4n) is 3.92. The number of carbonyl (C=O) groups is 2. The van der Waals surface area contributed by atoms with E-state index in [1.807, 2.05) is 20.8 Å². The van der Waals surface area contributed by atoms with Crippen molar-refractivity contribution in [1.29, 1.82) is 0 Å². The molecule has 0 spiro atoms. The average molecular weight is 556 g/mol. The van der Waals surface area contributed by atoms with Crippen LogP contribution in [-0.4, -0.2) is 46.6 Å². The molecular formula is C29H33NO6S2. The number of sulfone groups is 2. The molecule has 0 unspecified atom stereocenters. The minimum absolute atomic E-state index is 0.0210. The molecule has 0 atom stereocenters. The van der Waals surface area contributed by atoms with Gasteiger partial charge in [0, 0.05) is 17.7 Å². The van der Waals surface area contributed by atoms with Gasteiger partial charge in [0.25, 0.3) is 5.91 Å². The standard InChI is InChI=1S/C29H33NO6S2/c1-4-5-18-30-29(32)24-12-10-23(11-13-24)28(31)25(19-37(33,34)26-14-6-21(2)7-15-26)20-38(35,36)27-16-8-22(3)9-17-27/h6-17,25H,4-5,18-20H2,1-3H3,(H,30,32). The third-order valence-corrected chi connectivity index (χ3v) is 9.88. The van der Waals surface area contributed by atoms with Crippen LogP contribution in [0.3, 0.4) is 0 Å². The summed E-state index contributed by atoms with van der Waals surface area (Å²) in [6, 6.07) is 18.2. The van der Waals surface area contributed by atoms with E-state index >= 15 is 0 Å². The number of ketones is 1. The summed E-state index contributed by atoms with van der Waals surface area (Å²) in [6.07, 6.45) is 1.78. The Labute approximate surface area is 225 Å². The van der Waals surface area contributed by atoms with Gasteiger partial charge in [-0.1, -0.05) is 60.9 Å². The van der Waals surface area contributed by atoms with Gasteiger partial charge in [0.05, 0.1) is 27.2 Å². The van der Waals surface area contributed by atoms with E-state index in [4.69, 9.17) is 0 Å². The molecule has 3 rings (SSSR count). The van der Waals surface area contributed by atoms with Gasteiger partial charge >= 0.3 is 0 Å². The molecule has 0 bridgehead atoms. The van der Waals surface area contributed by atoms with E-state index in [1.54, 1.807) is 24.3 Å². The molecule has 0 aliphatic rings. The predicted octanol–water partition coefficient (Wildman–Crippen LogP) is 4.58. The van der Waals surface area contributed by atoms with E-state index in [-0.39, 0.29) is 21.3 Å². The number of rotatable bonds is 12. The molecule has 3 aromatic rings. The van der Waals surface area contributed by atoms with Crippen LogP contribution in [-0.2, 0) is 19.7 Å². The third kappa shape index (κ3) is 7.61. The molecular weight excluding hydrogens is 522 g/mol. The molecule has 202 valence electrons. The zero-order chi connectivity index (χ0) is 27.9. The molecule has 7 nitrogen and oxygen atoms in total. The third-order valence-electron chi connectivity index (χ3n) is 6.22. The zero-order valence-corrected chi connectivity index (χ0v) is 23.4. The maximum Gasteiger partial charge on any atom is 0.251 e. The number of nitrogens with one attached hydrogen (secondary N) is 1. The highest BCUT2D eigenvalue weighted by Crippen LogP contribution is 2.23. The lowest BCUT2D eigenvalue weighted by atomic mass is 9.99. The Kier molecular flexibility index (Phi) is 9.62. The number of hydrogen-bond donors (Lipinski definition) is 1. The molecule has 0 saturated heterocycles. The van der Waals surface area contributed by atoms with Gasteiger partial charge in [0.15, 0.2) is 25.5 Å². The summed E-state index contributed by atoms with van der Waals surface area (Å²) in [5.74, 6) is -3.58. The number of hydrogen-bond acceptors (Lipinski definition) is 6. The second-order valence-corrected chi connectivity index (χ2v) is 13.5. The Morgan fingerprint density at radius 1 is 0.684 bits per heavy atom. The first-order valence-corrected chi connectivity index (χ1v) is 15.7. The molecule has 0 aliphatic carbocycles. The van der Waals surface area contributed by atoms with E-state index in [2.05, 4.69) is 5.32 Å². The van der Waals surface area contributed by atoms with Crippen LogP contribution < -0.4 is 5.32 Å². The largest absolute Gasteiger partial charge is 0.352 e. The second kappa shape index (κ2) is 12.5. The van der Waals surface area contributed by atoms with E-state index < -0.39 is 42.9 Å². The first-order chi connectivity index (χ1) is 17.9. The zero-order valence-electron chi connectivity index (χ0n) is 21.8. The lowest BCUT2D eigenvalue weighted by Crippen LogP contribution is -2.31. The molecule has 0 radical (unpaired) electrons. The number of unbranched alkanes of at least 4 members (excludes halogenated alkanes) is 1. The van der Waals surface area contributed by atoms with Crippen molar-refractivity contribution in [2.24, 2.45) is 5.92 Å². The van der Waals surface area contributed by atoms with Gasteiger partial charge in [0.1, 0.15) is 0 Å². The Morgan fingerprint density at radius 2 is 1.11 bits per heavy atom. The summed E-state index contributed by atoms with van der Waals surface area (Å²) in [6.45, 7) is 6.20. The van der Waals surface area contributed by atoms with Crippen LogP contribution in [0.5, 0.6) is 0 Å². The number of amides is 1. The average Bonchev–Trinajstić information content (AvgIpc) is 2.88. The first-order valence-electron chi connectivity index (χ1n) is 12.4. The first kappa shape index (κ1) is 29.3. The van der Waals surface area contributed by atoms with Gasteiger partial charge in [-0.25, -0.2) is 16.8 Å². The second-order valence-electron chi connectivity index (χ2n) is 9.44. The fraction of sp³-hybridized carbons (Fsp3) is 0.310. The van der Waals surface area contributed by atoms with Crippen LogP contribution in [0, 0.1) is 19.8 Å². The van der Waals surface area contributed by atoms with Crippen LogP contribution in [0.4, 0.5) is 0 Å². The predicted molar refractivity (Wildman–Crippen MR) is 148 cm³/mol. The summed E-state index contributed by atoms with van der Waals surface area (Å²) in [5, 5.41) is 2.80. The van der Waals surface area contributed by atoms with Crippen LogP contribution in [0.25, 0.3) is 0 Å². The van der Waals surface area contributed by atoms with E-state index in [0.29, 0.717) is 12.1 Å². The van der Waals surface area contributed by atoms with Gasteiger partial charge < -0.3 is 5.32 Å². The fourth-order valence-corrected chi connectivity index (χ4v) is 7.15. The Balaban J connectivity index is 1.92. The van der Waals surface area contributed by atoms with Gasteiger partial charge in [-0.2, -0.15) is 0 Å². The molecule has 9 heteroatoms. The van der Waals surface area contributed by atoms with Crippen LogP contribution in [0.2, 0.25) is 0 Å². The molecule has 1 N–H and O–H groups in total. The summed E-state index contributed by atoms with van der Waals surface area (Å²) in [7, 11) is -7.95.